The lowest BCUT2D eigenvalue weighted by atomic mass is 10.0. The Bertz CT molecular complexity index is 559. The summed E-state index contributed by atoms with van der Waals surface area (Å²) in [5.41, 5.74) is -0.594. The molecule has 6 heteroatoms. The molecule has 3 rings (SSSR count). The molecular weight excluding hydrogens is 224 g/mol. The minimum Gasteiger partial charge on any atom is -0.493 e. The van der Waals surface area contributed by atoms with Crippen LogP contribution in [0.1, 0.15) is 31.1 Å². The number of nitrogens with zero attached hydrogens (tertiary/aromatic N) is 2. The summed E-state index contributed by atoms with van der Waals surface area (Å²) in [7, 11) is 1.30. The van der Waals surface area contributed by atoms with Crippen molar-refractivity contribution in [2.24, 2.45) is 0 Å². The van der Waals surface area contributed by atoms with E-state index in [4.69, 9.17) is 4.74 Å². The second-order valence-electron chi connectivity index (χ2n) is 4.67. The number of rotatable bonds is 1. The summed E-state index contributed by atoms with van der Waals surface area (Å²) in [5.74, 6) is -0.180. The lowest BCUT2D eigenvalue weighted by molar-refractivity contribution is -0.144. The first kappa shape index (κ1) is 10.3. The van der Waals surface area contributed by atoms with Gasteiger partial charge >= 0.3 is 5.97 Å². The molecule has 1 aliphatic heterocycles. The Kier molecular flexibility index (Phi) is 1.87. The Balaban J connectivity index is 2.19. The van der Waals surface area contributed by atoms with Gasteiger partial charge in [-0.2, -0.15) is 4.98 Å². The maximum Gasteiger partial charge on any atom is 0.329 e. The van der Waals surface area contributed by atoms with Crippen LogP contribution in [0.5, 0.6) is 5.88 Å². The molecule has 1 aromatic rings. The zero-order valence-electron chi connectivity index (χ0n) is 9.34. The third-order valence-corrected chi connectivity index (χ3v) is 3.64. The zero-order valence-corrected chi connectivity index (χ0v) is 9.34. The van der Waals surface area contributed by atoms with Crippen molar-refractivity contribution in [3.8, 4) is 5.88 Å². The summed E-state index contributed by atoms with van der Waals surface area (Å²) < 4.78 is 6.07. The van der Waals surface area contributed by atoms with Gasteiger partial charge in [-0.1, -0.05) is 0 Å². The van der Waals surface area contributed by atoms with Gasteiger partial charge in [-0.15, -0.1) is 0 Å². The number of methoxy groups -OCH3 is 1. The molecule has 0 amide bonds. The van der Waals surface area contributed by atoms with Crippen LogP contribution < -0.4 is 5.56 Å². The number of esters is 1. The largest absolute Gasteiger partial charge is 0.493 e. The topological polar surface area (TPSA) is 81.4 Å². The van der Waals surface area contributed by atoms with E-state index in [0.717, 1.165) is 18.9 Å². The normalized spacial score (nSPS) is 23.5. The molecule has 0 saturated heterocycles. The lowest BCUT2D eigenvalue weighted by Crippen LogP contribution is -2.28. The monoisotopic (exact) mass is 236 g/mol. The van der Waals surface area contributed by atoms with E-state index in [0.29, 0.717) is 12.2 Å². The van der Waals surface area contributed by atoms with Gasteiger partial charge in [0.2, 0.25) is 5.88 Å². The molecule has 17 heavy (non-hydrogen) atoms. The van der Waals surface area contributed by atoms with Gasteiger partial charge in [0, 0.05) is 5.41 Å². The molecule has 0 bridgehead atoms. The van der Waals surface area contributed by atoms with Gasteiger partial charge in [0.1, 0.15) is 11.9 Å². The van der Waals surface area contributed by atoms with Crippen LogP contribution in [0.2, 0.25) is 0 Å². The third kappa shape index (κ3) is 1.30. The number of fused-ring (bicyclic) bond motifs is 2. The van der Waals surface area contributed by atoms with Gasteiger partial charge in [-0.3, -0.25) is 9.36 Å². The van der Waals surface area contributed by atoms with Crippen LogP contribution in [-0.2, 0) is 14.9 Å². The third-order valence-electron chi connectivity index (χ3n) is 3.64. The molecule has 2 aliphatic rings. The minimum atomic E-state index is -0.599. The van der Waals surface area contributed by atoms with Crippen molar-refractivity contribution in [3.05, 3.63) is 22.2 Å². The van der Waals surface area contributed by atoms with Crippen LogP contribution in [0, 0.1) is 0 Å². The molecule has 0 radical (unpaired) electrons. The molecular formula is C11H12N2O4. The minimum absolute atomic E-state index is 0.198. The first-order valence-corrected chi connectivity index (χ1v) is 5.48. The summed E-state index contributed by atoms with van der Waals surface area (Å²) in [4.78, 5) is 27.5. The highest BCUT2D eigenvalue weighted by molar-refractivity contribution is 5.75. The van der Waals surface area contributed by atoms with Crippen LogP contribution >= 0.6 is 0 Å². The summed E-state index contributed by atoms with van der Waals surface area (Å²) in [5, 5.41) is 9.38. The number of carbonyl (C=O) groups excluding carboxylic acids is 1. The van der Waals surface area contributed by atoms with E-state index < -0.39 is 17.6 Å². The lowest BCUT2D eigenvalue weighted by Gasteiger charge is -2.10. The summed E-state index contributed by atoms with van der Waals surface area (Å²) in [6, 6.07) is 0.430. The van der Waals surface area contributed by atoms with E-state index in [2.05, 4.69) is 4.98 Å². The van der Waals surface area contributed by atoms with E-state index in [1.54, 1.807) is 0 Å². The van der Waals surface area contributed by atoms with Crippen LogP contribution in [0.15, 0.2) is 10.9 Å². The molecule has 0 aromatic carbocycles. The van der Waals surface area contributed by atoms with Crippen LogP contribution in [0.3, 0.4) is 0 Å². The summed E-state index contributed by atoms with van der Waals surface area (Å²) >= 11 is 0. The number of aromatic nitrogens is 2. The standard InChI is InChI=1S/C11H12N2O4/c1-17-9(16)6-5-11(2-3-11)10-12-7(14)4-8(15)13(6)10/h4,6,14H,2-3,5H2,1H3/t6-/m0/s1. The summed E-state index contributed by atoms with van der Waals surface area (Å²) in [6.07, 6.45) is 2.35. The van der Waals surface area contributed by atoms with Crippen LogP contribution in [0.4, 0.5) is 0 Å². The van der Waals surface area contributed by atoms with E-state index in [1.165, 1.54) is 11.7 Å². The van der Waals surface area contributed by atoms with Crippen molar-refractivity contribution < 1.29 is 14.6 Å². The fourth-order valence-corrected chi connectivity index (χ4v) is 2.61. The van der Waals surface area contributed by atoms with Crippen molar-refractivity contribution in [1.29, 1.82) is 0 Å². The highest BCUT2D eigenvalue weighted by Gasteiger charge is 2.56. The molecule has 1 fully saturated rings. The molecule has 1 atom stereocenters. The molecule has 6 nitrogen and oxygen atoms in total. The SMILES string of the molecule is COC(=O)[C@@H]1CC2(CC2)c2nc(O)cc(=O)n21. The van der Waals surface area contributed by atoms with Crippen molar-refractivity contribution in [3.63, 3.8) is 0 Å². The van der Waals surface area contributed by atoms with Gasteiger partial charge in [0.25, 0.3) is 5.56 Å². The quantitative estimate of drug-likeness (QED) is 0.699. The van der Waals surface area contributed by atoms with Gasteiger partial charge in [-0.05, 0) is 19.3 Å². The number of carbonyl (C=O) groups is 1. The predicted molar refractivity (Wildman–Crippen MR) is 56.7 cm³/mol. The highest BCUT2D eigenvalue weighted by atomic mass is 16.5. The Morgan fingerprint density at radius 1 is 1.65 bits per heavy atom. The predicted octanol–water partition coefficient (Wildman–Crippen LogP) is 0.0983. The van der Waals surface area contributed by atoms with E-state index >= 15 is 0 Å². The maximum absolute atomic E-state index is 11.8. The molecule has 0 unspecified atom stereocenters. The fourth-order valence-electron chi connectivity index (χ4n) is 2.61. The average Bonchev–Trinajstić information content (AvgIpc) is 2.98. The fraction of sp³-hybridized carbons (Fsp3) is 0.545. The first-order valence-electron chi connectivity index (χ1n) is 5.48. The molecule has 1 N–H and O–H groups in total. The van der Waals surface area contributed by atoms with E-state index in [9.17, 15) is 14.7 Å². The van der Waals surface area contributed by atoms with Crippen molar-refractivity contribution in [1.82, 2.24) is 9.55 Å². The molecule has 1 aromatic heterocycles. The second-order valence-corrected chi connectivity index (χ2v) is 4.67. The Labute approximate surface area is 96.9 Å². The number of hydrogen-bond acceptors (Lipinski definition) is 5. The highest BCUT2D eigenvalue weighted by Crippen LogP contribution is 2.56. The Hall–Kier alpha value is -1.85. The summed E-state index contributed by atoms with van der Waals surface area (Å²) in [6.45, 7) is 0. The molecule has 90 valence electrons. The van der Waals surface area contributed by atoms with Gasteiger partial charge < -0.3 is 9.84 Å². The van der Waals surface area contributed by atoms with Gasteiger partial charge in [0.05, 0.1) is 13.2 Å². The second kappa shape index (κ2) is 3.09. The zero-order chi connectivity index (χ0) is 12.2. The van der Waals surface area contributed by atoms with Crippen molar-refractivity contribution in [2.75, 3.05) is 7.11 Å². The van der Waals surface area contributed by atoms with Gasteiger partial charge in [0.15, 0.2) is 0 Å². The van der Waals surface area contributed by atoms with Crippen molar-refractivity contribution >= 4 is 5.97 Å². The molecule has 1 spiro atoms. The number of hydrogen-bond donors (Lipinski definition) is 1. The first-order chi connectivity index (χ1) is 8.07. The van der Waals surface area contributed by atoms with Crippen LogP contribution in [-0.4, -0.2) is 27.7 Å². The number of ether oxygens (including phenoxy) is 1. The average molecular weight is 236 g/mol. The molecule has 1 aliphatic carbocycles. The van der Waals surface area contributed by atoms with Gasteiger partial charge in [-0.25, -0.2) is 4.79 Å². The molecule has 1 saturated carbocycles. The smallest absolute Gasteiger partial charge is 0.329 e. The number of aromatic hydroxyl groups is 1. The van der Waals surface area contributed by atoms with Crippen LogP contribution in [0.25, 0.3) is 0 Å². The van der Waals surface area contributed by atoms with Crippen molar-refractivity contribution in [2.45, 2.75) is 30.7 Å². The Morgan fingerprint density at radius 3 is 2.94 bits per heavy atom. The molecule has 2 heterocycles. The maximum atomic E-state index is 11.8. The Morgan fingerprint density at radius 2 is 2.35 bits per heavy atom. The van der Waals surface area contributed by atoms with E-state index in [-0.39, 0.29) is 11.3 Å². The van der Waals surface area contributed by atoms with E-state index in [1.807, 2.05) is 0 Å².